The third-order valence-electron chi connectivity index (χ3n) is 2.30. The van der Waals surface area contributed by atoms with Gasteiger partial charge >= 0.3 is 0 Å². The van der Waals surface area contributed by atoms with E-state index in [0.29, 0.717) is 12.1 Å². The van der Waals surface area contributed by atoms with Crippen LogP contribution in [0.4, 0.5) is 0 Å². The summed E-state index contributed by atoms with van der Waals surface area (Å²) in [6.45, 7) is 2.57. The second kappa shape index (κ2) is 5.09. The molecule has 0 aliphatic rings. The van der Waals surface area contributed by atoms with Gasteiger partial charge in [0.05, 0.1) is 22.5 Å². The number of carbonyl (C=O) groups is 1. The van der Waals surface area contributed by atoms with Gasteiger partial charge in [0, 0.05) is 31.6 Å². The van der Waals surface area contributed by atoms with Crippen LogP contribution in [0.2, 0.25) is 0 Å². The lowest BCUT2D eigenvalue weighted by molar-refractivity contribution is 0.0954. The highest BCUT2D eigenvalue weighted by Gasteiger charge is 2.07. The van der Waals surface area contributed by atoms with Crippen LogP contribution in [-0.2, 0) is 13.5 Å². The largest absolute Gasteiger partial charge is 0.352 e. The lowest BCUT2D eigenvalue weighted by Gasteiger charge is -2.01. The highest BCUT2D eigenvalue weighted by atomic mass is 32.1. The van der Waals surface area contributed by atoms with Crippen molar-refractivity contribution in [2.45, 2.75) is 13.3 Å². The smallest absolute Gasteiger partial charge is 0.254 e. The molecule has 0 aromatic carbocycles. The van der Waals surface area contributed by atoms with E-state index in [0.717, 1.165) is 17.1 Å². The molecular weight excluding hydrogens is 236 g/mol. The first-order valence-electron chi connectivity index (χ1n) is 5.33. The van der Waals surface area contributed by atoms with Crippen molar-refractivity contribution < 1.29 is 4.79 Å². The Bertz CT molecular complexity index is 517. The Kier molecular flexibility index (Phi) is 3.53. The maximum Gasteiger partial charge on any atom is 0.254 e. The van der Waals surface area contributed by atoms with Crippen LogP contribution in [0.5, 0.6) is 0 Å². The molecule has 0 saturated heterocycles. The molecule has 0 bridgehead atoms. The van der Waals surface area contributed by atoms with Crippen molar-refractivity contribution in [3.8, 4) is 0 Å². The normalized spacial score (nSPS) is 10.5. The molecular formula is C11H14N4OS. The number of nitrogens with zero attached hydrogens (tertiary/aromatic N) is 3. The monoisotopic (exact) mass is 250 g/mol. The lowest BCUT2D eigenvalue weighted by Crippen LogP contribution is -2.25. The average molecular weight is 250 g/mol. The molecule has 6 heteroatoms. The predicted molar refractivity (Wildman–Crippen MR) is 66.1 cm³/mol. The molecule has 2 aromatic heterocycles. The van der Waals surface area contributed by atoms with Crippen LogP contribution in [0.1, 0.15) is 21.1 Å². The van der Waals surface area contributed by atoms with Crippen LogP contribution < -0.4 is 5.32 Å². The SMILES string of the molecule is Cc1nc(CCNC(=O)c2cnn(C)c2)cs1. The number of hydrogen-bond donors (Lipinski definition) is 1. The first kappa shape index (κ1) is 11.8. The molecule has 0 aliphatic heterocycles. The molecule has 2 rings (SSSR count). The van der Waals surface area contributed by atoms with Gasteiger partial charge in [0.2, 0.25) is 0 Å². The van der Waals surface area contributed by atoms with Crippen molar-refractivity contribution in [3.63, 3.8) is 0 Å². The summed E-state index contributed by atoms with van der Waals surface area (Å²) in [5.74, 6) is -0.0925. The summed E-state index contributed by atoms with van der Waals surface area (Å²) in [6.07, 6.45) is 4.01. The summed E-state index contributed by atoms with van der Waals surface area (Å²) < 4.78 is 1.61. The van der Waals surface area contributed by atoms with E-state index in [1.165, 1.54) is 0 Å². The third-order valence-corrected chi connectivity index (χ3v) is 3.12. The number of thiazole rings is 1. The van der Waals surface area contributed by atoms with Crippen LogP contribution >= 0.6 is 11.3 Å². The Morgan fingerprint density at radius 2 is 2.41 bits per heavy atom. The molecule has 0 radical (unpaired) electrons. The van der Waals surface area contributed by atoms with Crippen molar-refractivity contribution in [1.29, 1.82) is 0 Å². The first-order valence-corrected chi connectivity index (χ1v) is 6.21. The molecule has 17 heavy (non-hydrogen) atoms. The van der Waals surface area contributed by atoms with Gasteiger partial charge in [-0.05, 0) is 6.92 Å². The predicted octanol–water partition coefficient (Wildman–Crippen LogP) is 1.16. The minimum Gasteiger partial charge on any atom is -0.352 e. The van der Waals surface area contributed by atoms with E-state index in [2.05, 4.69) is 15.4 Å². The second-order valence-electron chi connectivity index (χ2n) is 3.77. The molecule has 0 spiro atoms. The van der Waals surface area contributed by atoms with Crippen molar-refractivity contribution in [1.82, 2.24) is 20.1 Å². The summed E-state index contributed by atoms with van der Waals surface area (Å²) in [7, 11) is 1.79. The minimum atomic E-state index is -0.0925. The third kappa shape index (κ3) is 3.13. The number of hydrogen-bond acceptors (Lipinski definition) is 4. The van der Waals surface area contributed by atoms with Gasteiger partial charge in [0.15, 0.2) is 0 Å². The van der Waals surface area contributed by atoms with Gasteiger partial charge in [0.1, 0.15) is 0 Å². The van der Waals surface area contributed by atoms with Crippen LogP contribution in [-0.4, -0.2) is 27.2 Å². The van der Waals surface area contributed by atoms with Crippen molar-refractivity contribution >= 4 is 17.2 Å². The van der Waals surface area contributed by atoms with Crippen molar-refractivity contribution in [2.75, 3.05) is 6.54 Å². The van der Waals surface area contributed by atoms with Gasteiger partial charge in [-0.15, -0.1) is 11.3 Å². The molecule has 2 heterocycles. The quantitative estimate of drug-likeness (QED) is 0.885. The molecule has 90 valence electrons. The molecule has 2 aromatic rings. The zero-order valence-electron chi connectivity index (χ0n) is 9.80. The number of nitrogens with one attached hydrogen (secondary N) is 1. The molecule has 0 aliphatic carbocycles. The number of aromatic nitrogens is 3. The fraction of sp³-hybridized carbons (Fsp3) is 0.364. The number of rotatable bonds is 4. The number of aryl methyl sites for hydroxylation is 2. The summed E-state index contributed by atoms with van der Waals surface area (Å²) in [4.78, 5) is 16.0. The van der Waals surface area contributed by atoms with Crippen molar-refractivity contribution in [2.24, 2.45) is 7.05 Å². The van der Waals surface area contributed by atoms with E-state index in [1.807, 2.05) is 12.3 Å². The van der Waals surface area contributed by atoms with E-state index >= 15 is 0 Å². The lowest BCUT2D eigenvalue weighted by atomic mass is 10.3. The molecule has 1 N–H and O–H groups in total. The van der Waals surface area contributed by atoms with Crippen molar-refractivity contribution in [3.05, 3.63) is 34.0 Å². The molecule has 0 saturated carbocycles. The topological polar surface area (TPSA) is 59.8 Å². The Hall–Kier alpha value is -1.69. The summed E-state index contributed by atoms with van der Waals surface area (Å²) in [5.41, 5.74) is 1.61. The highest BCUT2D eigenvalue weighted by Crippen LogP contribution is 2.07. The van der Waals surface area contributed by atoms with Gasteiger partial charge in [-0.25, -0.2) is 4.98 Å². The zero-order chi connectivity index (χ0) is 12.3. The summed E-state index contributed by atoms with van der Waals surface area (Å²) in [6, 6.07) is 0. The van der Waals surface area contributed by atoms with Gasteiger partial charge in [-0.1, -0.05) is 0 Å². The number of amides is 1. The maximum absolute atomic E-state index is 11.7. The average Bonchev–Trinajstić information content (AvgIpc) is 2.88. The van der Waals surface area contributed by atoms with E-state index in [-0.39, 0.29) is 5.91 Å². The first-order chi connectivity index (χ1) is 8.15. The summed E-state index contributed by atoms with van der Waals surface area (Å²) >= 11 is 1.63. The second-order valence-corrected chi connectivity index (χ2v) is 4.83. The van der Waals surface area contributed by atoms with E-state index < -0.39 is 0 Å². The maximum atomic E-state index is 11.7. The Balaban J connectivity index is 1.81. The fourth-order valence-electron chi connectivity index (χ4n) is 1.47. The molecule has 0 atom stereocenters. The van der Waals surface area contributed by atoms with Crippen LogP contribution in [0.25, 0.3) is 0 Å². The number of carbonyl (C=O) groups excluding carboxylic acids is 1. The Labute approximate surface area is 103 Å². The minimum absolute atomic E-state index is 0.0925. The summed E-state index contributed by atoms with van der Waals surface area (Å²) in [5, 5.41) is 9.87. The highest BCUT2D eigenvalue weighted by molar-refractivity contribution is 7.09. The van der Waals surface area contributed by atoms with Gasteiger partial charge < -0.3 is 5.32 Å². The Morgan fingerprint density at radius 3 is 3.00 bits per heavy atom. The molecule has 0 fully saturated rings. The van der Waals surface area contributed by atoms with Crippen LogP contribution in [0, 0.1) is 6.92 Å². The van der Waals surface area contributed by atoms with Gasteiger partial charge in [-0.2, -0.15) is 5.10 Å². The van der Waals surface area contributed by atoms with Gasteiger partial charge in [0.25, 0.3) is 5.91 Å². The molecule has 0 unspecified atom stereocenters. The van der Waals surface area contributed by atoms with E-state index in [4.69, 9.17) is 0 Å². The van der Waals surface area contributed by atoms with Crippen LogP contribution in [0.15, 0.2) is 17.8 Å². The zero-order valence-corrected chi connectivity index (χ0v) is 10.6. The molecule has 5 nitrogen and oxygen atoms in total. The standard InChI is InChI=1S/C11H14N4OS/c1-8-14-10(7-17-8)3-4-12-11(16)9-5-13-15(2)6-9/h5-7H,3-4H2,1-2H3,(H,12,16). The van der Waals surface area contributed by atoms with Gasteiger partial charge in [-0.3, -0.25) is 9.48 Å². The van der Waals surface area contributed by atoms with E-state index in [1.54, 1.807) is 35.5 Å². The molecule has 1 amide bonds. The van der Waals surface area contributed by atoms with E-state index in [9.17, 15) is 4.79 Å². The van der Waals surface area contributed by atoms with Crippen LogP contribution in [0.3, 0.4) is 0 Å². The Morgan fingerprint density at radius 1 is 1.59 bits per heavy atom. The fourth-order valence-corrected chi connectivity index (χ4v) is 2.11.